The minimum atomic E-state index is 1.04. The highest BCUT2D eigenvalue weighted by Gasteiger charge is 1.98. The van der Waals surface area contributed by atoms with Crippen molar-refractivity contribution in [2.45, 2.75) is 4.43 Å². The van der Waals surface area contributed by atoms with Gasteiger partial charge < -0.3 is 0 Å². The molecule has 0 unspecified atom stereocenters. The summed E-state index contributed by atoms with van der Waals surface area (Å²) in [6, 6.07) is 14.5. The summed E-state index contributed by atoms with van der Waals surface area (Å²) in [5, 5.41) is 0. The van der Waals surface area contributed by atoms with Crippen molar-refractivity contribution in [2.75, 3.05) is 0 Å². The Hall–Kier alpha value is -0.900. The Morgan fingerprint density at radius 1 is 1.07 bits per heavy atom. The maximum absolute atomic E-state index is 4.32. The maximum Gasteiger partial charge on any atom is 0.0702 e. The number of halogens is 1. The van der Waals surface area contributed by atoms with Crippen molar-refractivity contribution in [3.63, 3.8) is 0 Å². The van der Waals surface area contributed by atoms with E-state index in [4.69, 9.17) is 0 Å². The van der Waals surface area contributed by atoms with Crippen LogP contribution < -0.4 is 0 Å². The van der Waals surface area contributed by atoms with Gasteiger partial charge in [-0.05, 0) is 23.8 Å². The molecule has 0 spiro atoms. The Morgan fingerprint density at radius 2 is 2.00 bits per heavy atom. The third kappa shape index (κ3) is 2.12. The van der Waals surface area contributed by atoms with Gasteiger partial charge >= 0.3 is 0 Å². The number of pyridine rings is 1. The molecule has 0 aliphatic rings. The predicted octanol–water partition coefficient (Wildman–Crippen LogP) is 3.68. The van der Waals surface area contributed by atoms with E-state index < -0.39 is 0 Å². The summed E-state index contributed by atoms with van der Waals surface area (Å²) in [5.74, 6) is 0. The first-order chi connectivity index (χ1) is 6.90. The molecule has 0 saturated carbocycles. The quantitative estimate of drug-likeness (QED) is 0.608. The molecule has 0 N–H and O–H groups in total. The van der Waals surface area contributed by atoms with E-state index in [0.717, 1.165) is 10.1 Å². The van der Waals surface area contributed by atoms with Crippen LogP contribution in [0.1, 0.15) is 5.56 Å². The third-order valence-corrected chi connectivity index (χ3v) is 2.92. The molecule has 14 heavy (non-hydrogen) atoms. The lowest BCUT2D eigenvalue weighted by molar-refractivity contribution is 1.32. The summed E-state index contributed by atoms with van der Waals surface area (Å²) >= 11 is 2.37. The molecule has 0 fully saturated rings. The summed E-state index contributed by atoms with van der Waals surface area (Å²) in [6.45, 7) is 0. The van der Waals surface area contributed by atoms with Gasteiger partial charge in [-0.15, -0.1) is 0 Å². The largest absolute Gasteiger partial charge is 0.256 e. The average Bonchev–Trinajstić information content (AvgIpc) is 2.30. The zero-order valence-corrected chi connectivity index (χ0v) is 9.81. The van der Waals surface area contributed by atoms with Gasteiger partial charge in [0.25, 0.3) is 0 Å². The first kappa shape index (κ1) is 9.65. The molecule has 0 atom stereocenters. The van der Waals surface area contributed by atoms with Gasteiger partial charge in [0.1, 0.15) is 0 Å². The van der Waals surface area contributed by atoms with Crippen LogP contribution in [0, 0.1) is 0 Å². The Balaban J connectivity index is 2.42. The second kappa shape index (κ2) is 4.55. The van der Waals surface area contributed by atoms with Gasteiger partial charge in [-0.1, -0.05) is 46.9 Å². The van der Waals surface area contributed by atoms with Gasteiger partial charge in [-0.3, -0.25) is 4.98 Å². The van der Waals surface area contributed by atoms with Gasteiger partial charge in [0, 0.05) is 16.2 Å². The first-order valence-electron chi connectivity index (χ1n) is 4.46. The molecule has 1 aromatic carbocycles. The smallest absolute Gasteiger partial charge is 0.0702 e. The van der Waals surface area contributed by atoms with E-state index in [-0.39, 0.29) is 0 Å². The van der Waals surface area contributed by atoms with Crippen LogP contribution in [-0.4, -0.2) is 4.98 Å². The Labute approximate surface area is 97.3 Å². The van der Waals surface area contributed by atoms with Gasteiger partial charge in [-0.25, -0.2) is 0 Å². The van der Waals surface area contributed by atoms with Crippen molar-refractivity contribution in [3.8, 4) is 11.3 Å². The molecule has 1 nitrogen and oxygen atoms in total. The van der Waals surface area contributed by atoms with Crippen molar-refractivity contribution in [1.29, 1.82) is 0 Å². The maximum atomic E-state index is 4.32. The van der Waals surface area contributed by atoms with Crippen LogP contribution in [0.4, 0.5) is 0 Å². The van der Waals surface area contributed by atoms with Gasteiger partial charge in [0.2, 0.25) is 0 Å². The zero-order valence-electron chi connectivity index (χ0n) is 7.65. The number of hydrogen-bond acceptors (Lipinski definition) is 1. The number of hydrogen-bond donors (Lipinski definition) is 0. The van der Waals surface area contributed by atoms with Crippen LogP contribution >= 0.6 is 22.6 Å². The zero-order chi connectivity index (χ0) is 9.80. The van der Waals surface area contributed by atoms with Crippen LogP contribution in [0.15, 0.2) is 48.7 Å². The first-order valence-corrected chi connectivity index (χ1v) is 5.99. The molecule has 70 valence electrons. The fourth-order valence-corrected chi connectivity index (χ4v) is 1.82. The van der Waals surface area contributed by atoms with Crippen LogP contribution in [0.2, 0.25) is 0 Å². The molecule has 2 heteroatoms. The predicted molar refractivity (Wildman–Crippen MR) is 67.4 cm³/mol. The number of rotatable bonds is 2. The van der Waals surface area contributed by atoms with E-state index in [1.54, 1.807) is 0 Å². The number of aromatic nitrogens is 1. The SMILES string of the molecule is ICc1cccc(-c2ccccn2)c1. The second-order valence-corrected chi connectivity index (χ2v) is 3.81. The van der Waals surface area contributed by atoms with E-state index in [2.05, 4.69) is 51.8 Å². The second-order valence-electron chi connectivity index (χ2n) is 3.05. The lowest BCUT2D eigenvalue weighted by Crippen LogP contribution is -1.83. The number of alkyl halides is 1. The molecule has 0 aliphatic carbocycles. The molecular weight excluding hydrogens is 285 g/mol. The Bertz CT molecular complexity index is 412. The number of benzene rings is 1. The highest BCUT2D eigenvalue weighted by Crippen LogP contribution is 2.18. The van der Waals surface area contributed by atoms with Crippen LogP contribution in [0.25, 0.3) is 11.3 Å². The normalized spacial score (nSPS) is 10.1. The molecule has 0 saturated heterocycles. The lowest BCUT2D eigenvalue weighted by Gasteiger charge is -2.01. The van der Waals surface area contributed by atoms with E-state index >= 15 is 0 Å². The third-order valence-electron chi connectivity index (χ3n) is 2.04. The van der Waals surface area contributed by atoms with E-state index in [0.29, 0.717) is 0 Å². The summed E-state index contributed by atoms with van der Waals surface area (Å²) in [7, 11) is 0. The van der Waals surface area contributed by atoms with Crippen LogP contribution in [0.3, 0.4) is 0 Å². The fraction of sp³-hybridized carbons (Fsp3) is 0.0833. The van der Waals surface area contributed by atoms with E-state index in [1.165, 1.54) is 11.1 Å². The minimum Gasteiger partial charge on any atom is -0.256 e. The molecule has 0 bridgehead atoms. The summed E-state index contributed by atoms with van der Waals surface area (Å²) < 4.78 is 1.04. The summed E-state index contributed by atoms with van der Waals surface area (Å²) in [5.41, 5.74) is 3.58. The molecule has 1 aromatic heterocycles. The van der Waals surface area contributed by atoms with Crippen LogP contribution in [0.5, 0.6) is 0 Å². The van der Waals surface area contributed by atoms with Crippen molar-refractivity contribution < 1.29 is 0 Å². The van der Waals surface area contributed by atoms with Gasteiger partial charge in [0.15, 0.2) is 0 Å². The fourth-order valence-electron chi connectivity index (χ4n) is 1.35. The van der Waals surface area contributed by atoms with Gasteiger partial charge in [-0.2, -0.15) is 0 Å². The standard InChI is InChI=1S/C12H10IN/c13-9-10-4-3-5-11(8-10)12-6-1-2-7-14-12/h1-8H,9H2. The molecular formula is C12H10IN. The topological polar surface area (TPSA) is 12.9 Å². The number of nitrogens with zero attached hydrogens (tertiary/aromatic N) is 1. The molecule has 2 aromatic rings. The Morgan fingerprint density at radius 3 is 2.71 bits per heavy atom. The van der Waals surface area contributed by atoms with Crippen LogP contribution in [-0.2, 0) is 4.43 Å². The highest BCUT2D eigenvalue weighted by atomic mass is 127. The Kier molecular flexibility index (Phi) is 3.14. The molecule has 0 radical (unpaired) electrons. The average molecular weight is 295 g/mol. The monoisotopic (exact) mass is 295 g/mol. The molecule has 2 rings (SSSR count). The van der Waals surface area contributed by atoms with Crippen molar-refractivity contribution >= 4 is 22.6 Å². The minimum absolute atomic E-state index is 1.04. The lowest BCUT2D eigenvalue weighted by atomic mass is 10.1. The van der Waals surface area contributed by atoms with Crippen molar-refractivity contribution in [2.24, 2.45) is 0 Å². The summed E-state index contributed by atoms with van der Waals surface area (Å²) in [6.07, 6.45) is 1.83. The molecule has 1 heterocycles. The van der Waals surface area contributed by atoms with Gasteiger partial charge in [0.05, 0.1) is 5.69 Å². The summed E-state index contributed by atoms with van der Waals surface area (Å²) in [4.78, 5) is 4.32. The highest BCUT2D eigenvalue weighted by molar-refractivity contribution is 14.1. The van der Waals surface area contributed by atoms with E-state index in [1.807, 2.05) is 24.4 Å². The molecule has 0 amide bonds. The van der Waals surface area contributed by atoms with Crippen molar-refractivity contribution in [3.05, 3.63) is 54.2 Å². The van der Waals surface area contributed by atoms with Crippen molar-refractivity contribution in [1.82, 2.24) is 4.98 Å². The van der Waals surface area contributed by atoms with E-state index in [9.17, 15) is 0 Å². The molecule has 0 aliphatic heterocycles.